The first kappa shape index (κ1) is 14.9. The summed E-state index contributed by atoms with van der Waals surface area (Å²) in [7, 11) is 0. The highest BCUT2D eigenvalue weighted by Gasteiger charge is 2.34. The van der Waals surface area contributed by atoms with Gasteiger partial charge in [-0.1, -0.05) is 25.1 Å². The van der Waals surface area contributed by atoms with Crippen LogP contribution in [0.1, 0.15) is 25.3 Å². The average molecular weight is 275 g/mol. The summed E-state index contributed by atoms with van der Waals surface area (Å²) in [4.78, 5) is 14.1. The Bertz CT molecular complexity index is 475. The number of rotatable bonds is 5. The Hall–Kier alpha value is -1.55. The number of amides is 1. The highest BCUT2D eigenvalue weighted by Crippen LogP contribution is 2.28. The molecule has 1 aromatic carbocycles. The van der Waals surface area contributed by atoms with Crippen molar-refractivity contribution in [3.05, 3.63) is 29.8 Å². The molecule has 4 nitrogen and oxygen atoms in total. The van der Waals surface area contributed by atoms with Gasteiger partial charge in [0.15, 0.2) is 0 Å². The SMILES string of the molecule is Cc1ccccc1NCCC(=O)N1CCC(C)(CN)C1. The topological polar surface area (TPSA) is 58.4 Å². The summed E-state index contributed by atoms with van der Waals surface area (Å²) in [5, 5.41) is 3.33. The zero-order valence-corrected chi connectivity index (χ0v) is 12.5. The van der Waals surface area contributed by atoms with Gasteiger partial charge in [-0.15, -0.1) is 0 Å². The number of nitrogens with one attached hydrogen (secondary N) is 1. The number of carbonyl (C=O) groups is 1. The van der Waals surface area contributed by atoms with Crippen LogP contribution in [0.4, 0.5) is 5.69 Å². The predicted molar refractivity (Wildman–Crippen MR) is 82.6 cm³/mol. The van der Waals surface area contributed by atoms with Crippen molar-refractivity contribution in [1.82, 2.24) is 4.90 Å². The molecule has 0 saturated carbocycles. The minimum atomic E-state index is 0.110. The van der Waals surface area contributed by atoms with Gasteiger partial charge in [0.05, 0.1) is 0 Å². The highest BCUT2D eigenvalue weighted by atomic mass is 16.2. The normalized spacial score (nSPS) is 22.1. The van der Waals surface area contributed by atoms with Crippen LogP contribution in [-0.2, 0) is 4.79 Å². The molecule has 3 N–H and O–H groups in total. The summed E-state index contributed by atoms with van der Waals surface area (Å²) < 4.78 is 0. The van der Waals surface area contributed by atoms with Crippen molar-refractivity contribution < 1.29 is 4.79 Å². The fourth-order valence-electron chi connectivity index (χ4n) is 2.64. The van der Waals surface area contributed by atoms with Crippen molar-refractivity contribution in [2.45, 2.75) is 26.7 Å². The third-order valence-electron chi connectivity index (χ3n) is 4.20. The van der Waals surface area contributed by atoms with E-state index < -0.39 is 0 Å². The summed E-state index contributed by atoms with van der Waals surface area (Å²) >= 11 is 0. The molecule has 1 aliphatic heterocycles. The lowest BCUT2D eigenvalue weighted by atomic mass is 9.90. The van der Waals surface area contributed by atoms with Gasteiger partial charge in [-0.2, -0.15) is 0 Å². The fraction of sp³-hybridized carbons (Fsp3) is 0.562. The Morgan fingerprint density at radius 2 is 2.20 bits per heavy atom. The number of hydrogen-bond donors (Lipinski definition) is 2. The van der Waals surface area contributed by atoms with Gasteiger partial charge in [-0.05, 0) is 36.9 Å². The minimum Gasteiger partial charge on any atom is -0.384 e. The van der Waals surface area contributed by atoms with E-state index in [2.05, 4.69) is 25.2 Å². The number of carbonyl (C=O) groups excluding carboxylic acids is 1. The van der Waals surface area contributed by atoms with Crippen molar-refractivity contribution in [1.29, 1.82) is 0 Å². The molecular weight excluding hydrogens is 250 g/mol. The van der Waals surface area contributed by atoms with Gasteiger partial charge in [0.2, 0.25) is 5.91 Å². The second-order valence-corrected chi connectivity index (χ2v) is 6.07. The van der Waals surface area contributed by atoms with Crippen LogP contribution in [0.5, 0.6) is 0 Å². The maximum absolute atomic E-state index is 12.2. The summed E-state index contributed by atoms with van der Waals surface area (Å²) in [5.41, 5.74) is 8.19. The van der Waals surface area contributed by atoms with Crippen LogP contribution in [0.25, 0.3) is 0 Å². The van der Waals surface area contributed by atoms with E-state index in [9.17, 15) is 4.79 Å². The first-order valence-corrected chi connectivity index (χ1v) is 7.31. The Kier molecular flexibility index (Phi) is 4.65. The van der Waals surface area contributed by atoms with E-state index in [0.717, 1.165) is 25.2 Å². The van der Waals surface area contributed by atoms with Gasteiger partial charge in [0.25, 0.3) is 0 Å². The number of likely N-dealkylation sites (tertiary alicyclic amines) is 1. The summed E-state index contributed by atoms with van der Waals surface area (Å²) in [5.74, 6) is 0.225. The number of para-hydroxylation sites is 1. The molecule has 110 valence electrons. The van der Waals surface area contributed by atoms with E-state index in [1.807, 2.05) is 23.1 Å². The molecule has 1 aromatic rings. The Morgan fingerprint density at radius 1 is 1.45 bits per heavy atom. The number of anilines is 1. The van der Waals surface area contributed by atoms with E-state index in [0.29, 0.717) is 19.5 Å². The van der Waals surface area contributed by atoms with Crippen LogP contribution in [0.15, 0.2) is 24.3 Å². The van der Waals surface area contributed by atoms with Gasteiger partial charge in [0.1, 0.15) is 0 Å². The Morgan fingerprint density at radius 3 is 2.85 bits per heavy atom. The molecule has 20 heavy (non-hydrogen) atoms. The van der Waals surface area contributed by atoms with Gasteiger partial charge < -0.3 is 16.0 Å². The standard InChI is InChI=1S/C16H25N3O/c1-13-5-3-4-6-14(13)18-9-7-15(20)19-10-8-16(2,11-17)12-19/h3-6,18H,7-12,17H2,1-2H3. The number of hydrogen-bond acceptors (Lipinski definition) is 3. The van der Waals surface area contributed by atoms with Crippen LogP contribution in [-0.4, -0.2) is 37.0 Å². The average Bonchev–Trinajstić information content (AvgIpc) is 2.84. The predicted octanol–water partition coefficient (Wildman–Crippen LogP) is 1.99. The lowest BCUT2D eigenvalue weighted by molar-refractivity contribution is -0.130. The molecule has 4 heteroatoms. The summed E-state index contributed by atoms with van der Waals surface area (Å²) in [6, 6.07) is 8.13. The van der Waals surface area contributed by atoms with E-state index in [1.54, 1.807) is 0 Å². The first-order valence-electron chi connectivity index (χ1n) is 7.31. The molecule has 1 saturated heterocycles. The van der Waals surface area contributed by atoms with Crippen LogP contribution in [0.3, 0.4) is 0 Å². The molecule has 1 unspecified atom stereocenters. The third kappa shape index (κ3) is 3.51. The molecular formula is C16H25N3O. The van der Waals surface area contributed by atoms with E-state index in [4.69, 9.17) is 5.73 Å². The molecule has 0 spiro atoms. The van der Waals surface area contributed by atoms with E-state index >= 15 is 0 Å². The molecule has 1 heterocycles. The molecule has 0 radical (unpaired) electrons. The molecule has 0 bridgehead atoms. The molecule has 1 atom stereocenters. The number of aryl methyl sites for hydroxylation is 1. The van der Waals surface area contributed by atoms with Crippen LogP contribution >= 0.6 is 0 Å². The largest absolute Gasteiger partial charge is 0.384 e. The smallest absolute Gasteiger partial charge is 0.224 e. The Balaban J connectivity index is 1.78. The lowest BCUT2D eigenvalue weighted by Gasteiger charge is -2.22. The first-order chi connectivity index (χ1) is 9.54. The number of nitrogens with zero attached hydrogens (tertiary/aromatic N) is 1. The van der Waals surface area contributed by atoms with Gasteiger partial charge in [0, 0.05) is 31.7 Å². The number of benzene rings is 1. The monoisotopic (exact) mass is 275 g/mol. The third-order valence-corrected chi connectivity index (χ3v) is 4.20. The quantitative estimate of drug-likeness (QED) is 0.864. The van der Waals surface area contributed by atoms with Gasteiger partial charge in [-0.3, -0.25) is 4.79 Å². The van der Waals surface area contributed by atoms with Gasteiger partial charge in [-0.25, -0.2) is 0 Å². The van der Waals surface area contributed by atoms with Crippen molar-refractivity contribution >= 4 is 11.6 Å². The second kappa shape index (κ2) is 6.27. The maximum atomic E-state index is 12.2. The van der Waals surface area contributed by atoms with Gasteiger partial charge >= 0.3 is 0 Å². The minimum absolute atomic E-state index is 0.110. The lowest BCUT2D eigenvalue weighted by Crippen LogP contribution is -2.35. The van der Waals surface area contributed by atoms with Crippen LogP contribution in [0.2, 0.25) is 0 Å². The van der Waals surface area contributed by atoms with Crippen molar-refractivity contribution in [3.63, 3.8) is 0 Å². The zero-order chi connectivity index (χ0) is 14.6. The molecule has 1 fully saturated rings. The summed E-state index contributed by atoms with van der Waals surface area (Å²) in [6.45, 7) is 7.20. The molecule has 0 aliphatic carbocycles. The summed E-state index contributed by atoms with van der Waals surface area (Å²) in [6.07, 6.45) is 1.55. The molecule has 0 aromatic heterocycles. The van der Waals surface area contributed by atoms with E-state index in [-0.39, 0.29) is 11.3 Å². The van der Waals surface area contributed by atoms with Crippen molar-refractivity contribution in [2.24, 2.45) is 11.1 Å². The van der Waals surface area contributed by atoms with Crippen LogP contribution < -0.4 is 11.1 Å². The second-order valence-electron chi connectivity index (χ2n) is 6.07. The van der Waals surface area contributed by atoms with Crippen LogP contribution in [0, 0.1) is 12.3 Å². The Labute approximate surface area is 121 Å². The highest BCUT2D eigenvalue weighted by molar-refractivity contribution is 5.77. The molecule has 1 aliphatic rings. The fourth-order valence-corrected chi connectivity index (χ4v) is 2.64. The number of nitrogens with two attached hydrogens (primary N) is 1. The van der Waals surface area contributed by atoms with Crippen molar-refractivity contribution in [3.8, 4) is 0 Å². The van der Waals surface area contributed by atoms with Crippen molar-refractivity contribution in [2.75, 3.05) is 31.5 Å². The van der Waals surface area contributed by atoms with E-state index in [1.165, 1.54) is 5.56 Å². The molecule has 1 amide bonds. The molecule has 2 rings (SSSR count). The zero-order valence-electron chi connectivity index (χ0n) is 12.5. The maximum Gasteiger partial charge on any atom is 0.224 e.